The van der Waals surface area contributed by atoms with E-state index in [2.05, 4.69) is 31.2 Å². The van der Waals surface area contributed by atoms with Crippen molar-refractivity contribution >= 4 is 5.91 Å². The van der Waals surface area contributed by atoms with Crippen LogP contribution in [-0.2, 0) is 20.7 Å². The third-order valence-electron chi connectivity index (χ3n) is 5.12. The number of carbonyl (C=O) groups excluding carboxylic acids is 1. The smallest absolute Gasteiger partial charge is 0.225 e. The highest BCUT2D eigenvalue weighted by Crippen LogP contribution is 2.20. The fraction of sp³-hybridized carbons (Fsp3) is 0.650. The Labute approximate surface area is 145 Å². The second-order valence-corrected chi connectivity index (χ2v) is 7.04. The molecule has 2 aliphatic heterocycles. The molecule has 24 heavy (non-hydrogen) atoms. The van der Waals surface area contributed by atoms with E-state index in [1.807, 2.05) is 4.90 Å². The molecule has 0 spiro atoms. The number of hydrogen-bond acceptors (Lipinski definition) is 3. The SMILES string of the molecule is Cc1ccc(CCN(C[C@@H]2CCCO2)C(=O)C2CCOCC2)cc1. The van der Waals surface area contributed by atoms with E-state index in [1.54, 1.807) is 0 Å². The maximum Gasteiger partial charge on any atom is 0.225 e. The molecule has 0 N–H and O–H groups in total. The quantitative estimate of drug-likeness (QED) is 0.804. The minimum Gasteiger partial charge on any atom is -0.381 e. The van der Waals surface area contributed by atoms with Gasteiger partial charge in [0.2, 0.25) is 5.91 Å². The number of amides is 1. The van der Waals surface area contributed by atoms with Crippen LogP contribution in [0.2, 0.25) is 0 Å². The average Bonchev–Trinajstić information content (AvgIpc) is 3.13. The number of rotatable bonds is 6. The molecule has 0 saturated carbocycles. The molecule has 0 unspecified atom stereocenters. The van der Waals surface area contributed by atoms with Gasteiger partial charge in [-0.3, -0.25) is 4.79 Å². The number of nitrogens with zero attached hydrogens (tertiary/aromatic N) is 1. The third-order valence-corrected chi connectivity index (χ3v) is 5.12. The van der Waals surface area contributed by atoms with E-state index in [4.69, 9.17) is 9.47 Å². The van der Waals surface area contributed by atoms with Crippen molar-refractivity contribution in [2.75, 3.05) is 32.9 Å². The van der Waals surface area contributed by atoms with Gasteiger partial charge in [0.1, 0.15) is 0 Å². The van der Waals surface area contributed by atoms with Crippen molar-refractivity contribution in [2.45, 2.75) is 45.1 Å². The van der Waals surface area contributed by atoms with Gasteiger partial charge in [-0.15, -0.1) is 0 Å². The molecule has 2 heterocycles. The zero-order valence-corrected chi connectivity index (χ0v) is 14.7. The number of benzene rings is 1. The standard InChI is InChI=1S/C20H29NO3/c1-16-4-6-17(7-5-16)8-11-21(15-19-3-2-12-24-19)20(22)18-9-13-23-14-10-18/h4-7,18-19H,2-3,8-15H2,1H3/t19-/m0/s1. The molecule has 2 aliphatic rings. The molecular weight excluding hydrogens is 302 g/mol. The van der Waals surface area contributed by atoms with E-state index in [-0.39, 0.29) is 12.0 Å². The zero-order valence-electron chi connectivity index (χ0n) is 14.7. The van der Waals surface area contributed by atoms with E-state index >= 15 is 0 Å². The Morgan fingerprint density at radius 1 is 1.12 bits per heavy atom. The van der Waals surface area contributed by atoms with Gasteiger partial charge >= 0.3 is 0 Å². The van der Waals surface area contributed by atoms with Crippen LogP contribution in [0.5, 0.6) is 0 Å². The Morgan fingerprint density at radius 2 is 1.88 bits per heavy atom. The molecule has 2 fully saturated rings. The zero-order chi connectivity index (χ0) is 16.8. The van der Waals surface area contributed by atoms with Gasteiger partial charge in [0.25, 0.3) is 0 Å². The van der Waals surface area contributed by atoms with E-state index in [9.17, 15) is 4.79 Å². The van der Waals surface area contributed by atoms with E-state index < -0.39 is 0 Å². The van der Waals surface area contributed by atoms with Crippen LogP contribution in [0.1, 0.15) is 36.8 Å². The topological polar surface area (TPSA) is 38.8 Å². The second kappa shape index (κ2) is 8.63. The Kier molecular flexibility index (Phi) is 6.27. The van der Waals surface area contributed by atoms with Gasteiger partial charge < -0.3 is 14.4 Å². The van der Waals surface area contributed by atoms with E-state index in [0.29, 0.717) is 19.1 Å². The Hall–Kier alpha value is -1.39. The predicted molar refractivity (Wildman–Crippen MR) is 94.0 cm³/mol. The molecular formula is C20H29NO3. The molecule has 1 amide bonds. The molecule has 0 bridgehead atoms. The molecule has 1 atom stereocenters. The highest BCUT2D eigenvalue weighted by molar-refractivity contribution is 5.79. The van der Waals surface area contributed by atoms with Crippen molar-refractivity contribution in [3.63, 3.8) is 0 Å². The molecule has 0 aliphatic carbocycles. The number of hydrogen-bond donors (Lipinski definition) is 0. The molecule has 132 valence electrons. The first-order chi connectivity index (χ1) is 11.7. The predicted octanol–water partition coefficient (Wildman–Crippen LogP) is 2.97. The van der Waals surface area contributed by atoms with Crippen LogP contribution in [0, 0.1) is 12.8 Å². The summed E-state index contributed by atoms with van der Waals surface area (Å²) in [7, 11) is 0. The Balaban J connectivity index is 1.61. The summed E-state index contributed by atoms with van der Waals surface area (Å²) in [6.07, 6.45) is 5.01. The minimum atomic E-state index is 0.123. The molecule has 1 aromatic rings. The van der Waals surface area contributed by atoms with Crippen molar-refractivity contribution in [1.29, 1.82) is 0 Å². The highest BCUT2D eigenvalue weighted by Gasteiger charge is 2.29. The molecule has 3 rings (SSSR count). The largest absolute Gasteiger partial charge is 0.381 e. The van der Waals surface area contributed by atoms with Gasteiger partial charge in [0, 0.05) is 38.8 Å². The van der Waals surface area contributed by atoms with Gasteiger partial charge in [-0.25, -0.2) is 0 Å². The van der Waals surface area contributed by atoms with Crippen molar-refractivity contribution in [2.24, 2.45) is 5.92 Å². The lowest BCUT2D eigenvalue weighted by molar-refractivity contribution is -0.140. The van der Waals surface area contributed by atoms with Crippen molar-refractivity contribution in [3.8, 4) is 0 Å². The molecule has 0 aromatic heterocycles. The monoisotopic (exact) mass is 331 g/mol. The van der Waals surface area contributed by atoms with Gasteiger partial charge in [-0.2, -0.15) is 0 Å². The lowest BCUT2D eigenvalue weighted by Crippen LogP contribution is -2.43. The number of aryl methyl sites for hydroxylation is 1. The molecule has 0 radical (unpaired) electrons. The summed E-state index contributed by atoms with van der Waals surface area (Å²) >= 11 is 0. The third kappa shape index (κ3) is 4.81. The maximum absolute atomic E-state index is 13.0. The molecule has 4 nitrogen and oxygen atoms in total. The Bertz CT molecular complexity index is 516. The number of ether oxygens (including phenoxy) is 2. The van der Waals surface area contributed by atoms with E-state index in [0.717, 1.165) is 51.8 Å². The van der Waals surface area contributed by atoms with Crippen LogP contribution in [0.4, 0.5) is 0 Å². The lowest BCUT2D eigenvalue weighted by atomic mass is 9.98. The Morgan fingerprint density at radius 3 is 2.54 bits per heavy atom. The molecule has 2 saturated heterocycles. The first kappa shape index (κ1) is 17.4. The second-order valence-electron chi connectivity index (χ2n) is 7.04. The van der Waals surface area contributed by atoms with Crippen LogP contribution in [0.3, 0.4) is 0 Å². The fourth-order valence-corrected chi connectivity index (χ4v) is 3.55. The molecule has 4 heteroatoms. The van der Waals surface area contributed by atoms with Crippen LogP contribution in [0.15, 0.2) is 24.3 Å². The first-order valence-electron chi connectivity index (χ1n) is 9.26. The summed E-state index contributed by atoms with van der Waals surface area (Å²) in [6.45, 7) is 5.87. The van der Waals surface area contributed by atoms with E-state index in [1.165, 1.54) is 11.1 Å². The van der Waals surface area contributed by atoms with Gasteiger partial charge in [-0.1, -0.05) is 29.8 Å². The summed E-state index contributed by atoms with van der Waals surface area (Å²) < 4.78 is 11.2. The summed E-state index contributed by atoms with van der Waals surface area (Å²) in [5.74, 6) is 0.416. The minimum absolute atomic E-state index is 0.123. The summed E-state index contributed by atoms with van der Waals surface area (Å²) in [5.41, 5.74) is 2.56. The van der Waals surface area contributed by atoms with Crippen molar-refractivity contribution in [1.82, 2.24) is 4.90 Å². The lowest BCUT2D eigenvalue weighted by Gasteiger charge is -2.31. The normalized spacial score (nSPS) is 21.8. The molecule has 1 aromatic carbocycles. The van der Waals surface area contributed by atoms with Crippen LogP contribution in [0.25, 0.3) is 0 Å². The van der Waals surface area contributed by atoms with Crippen molar-refractivity contribution in [3.05, 3.63) is 35.4 Å². The van der Waals surface area contributed by atoms with Gasteiger partial charge in [0.15, 0.2) is 0 Å². The first-order valence-corrected chi connectivity index (χ1v) is 9.26. The van der Waals surface area contributed by atoms with Crippen LogP contribution < -0.4 is 0 Å². The van der Waals surface area contributed by atoms with Gasteiger partial charge in [0.05, 0.1) is 6.10 Å². The number of carbonyl (C=O) groups is 1. The highest BCUT2D eigenvalue weighted by atomic mass is 16.5. The van der Waals surface area contributed by atoms with Crippen molar-refractivity contribution < 1.29 is 14.3 Å². The van der Waals surface area contributed by atoms with Crippen LogP contribution >= 0.6 is 0 Å². The summed E-state index contributed by atoms with van der Waals surface area (Å²) in [4.78, 5) is 15.0. The van der Waals surface area contributed by atoms with Gasteiger partial charge in [-0.05, 0) is 44.6 Å². The fourth-order valence-electron chi connectivity index (χ4n) is 3.55. The van der Waals surface area contributed by atoms with Crippen LogP contribution in [-0.4, -0.2) is 49.8 Å². The maximum atomic E-state index is 13.0. The average molecular weight is 331 g/mol. The summed E-state index contributed by atoms with van der Waals surface area (Å²) in [6, 6.07) is 8.61. The summed E-state index contributed by atoms with van der Waals surface area (Å²) in [5, 5.41) is 0.